The van der Waals surface area contributed by atoms with Crippen LogP contribution >= 0.6 is 11.8 Å². The normalized spacial score (nSPS) is 10.8. The Morgan fingerprint density at radius 1 is 1.09 bits per heavy atom. The van der Waals surface area contributed by atoms with Crippen LogP contribution in [0.4, 0.5) is 5.69 Å². The summed E-state index contributed by atoms with van der Waals surface area (Å²) in [7, 11) is 0. The third-order valence-electron chi connectivity index (χ3n) is 4.79. The number of aromatic nitrogens is 3. The maximum Gasteiger partial charge on any atom is 0.234 e. The Labute approximate surface area is 190 Å². The number of nitrogens with one attached hydrogen (secondary N) is 1. The molecule has 0 aliphatic carbocycles. The summed E-state index contributed by atoms with van der Waals surface area (Å²) >= 11 is 1.33. The van der Waals surface area contributed by atoms with Gasteiger partial charge < -0.3 is 14.5 Å². The van der Waals surface area contributed by atoms with Crippen molar-refractivity contribution in [1.82, 2.24) is 14.8 Å². The molecule has 0 fully saturated rings. The highest BCUT2D eigenvalue weighted by molar-refractivity contribution is 7.99. The Hall–Kier alpha value is -3.52. The SMILES string of the molecule is Cc1ccc(NC(=O)CSc2nnc(COc3ccccc3)n2Cc2ccco2)c(C)c1. The van der Waals surface area contributed by atoms with Crippen molar-refractivity contribution in [2.45, 2.75) is 32.2 Å². The van der Waals surface area contributed by atoms with E-state index >= 15 is 0 Å². The van der Waals surface area contributed by atoms with Crippen molar-refractivity contribution in [2.24, 2.45) is 0 Å². The molecule has 0 aliphatic heterocycles. The second-order valence-corrected chi connectivity index (χ2v) is 8.26. The third kappa shape index (κ3) is 5.59. The highest BCUT2D eigenvalue weighted by atomic mass is 32.2. The molecule has 2 aromatic carbocycles. The molecule has 0 bridgehead atoms. The van der Waals surface area contributed by atoms with E-state index in [0.29, 0.717) is 17.5 Å². The minimum atomic E-state index is -0.100. The van der Waals surface area contributed by atoms with Gasteiger partial charge in [0.15, 0.2) is 11.0 Å². The number of hydrogen-bond acceptors (Lipinski definition) is 6. The summed E-state index contributed by atoms with van der Waals surface area (Å²) in [6.07, 6.45) is 1.63. The number of rotatable bonds is 9. The van der Waals surface area contributed by atoms with Gasteiger partial charge in [-0.05, 0) is 49.7 Å². The number of thioether (sulfide) groups is 1. The molecule has 2 heterocycles. The molecule has 1 N–H and O–H groups in total. The van der Waals surface area contributed by atoms with Crippen LogP contribution in [0.3, 0.4) is 0 Å². The van der Waals surface area contributed by atoms with Crippen LogP contribution < -0.4 is 10.1 Å². The van der Waals surface area contributed by atoms with Crippen LogP contribution in [0.25, 0.3) is 0 Å². The van der Waals surface area contributed by atoms with Crippen LogP contribution in [0.1, 0.15) is 22.7 Å². The quantitative estimate of drug-likeness (QED) is 0.369. The molecule has 0 saturated carbocycles. The van der Waals surface area contributed by atoms with Gasteiger partial charge in [0.2, 0.25) is 5.91 Å². The fourth-order valence-corrected chi connectivity index (χ4v) is 3.94. The Kier molecular flexibility index (Phi) is 6.91. The molecule has 0 spiro atoms. The molecule has 164 valence electrons. The molecule has 2 aromatic heterocycles. The summed E-state index contributed by atoms with van der Waals surface area (Å²) in [5.74, 6) is 2.29. The molecule has 32 heavy (non-hydrogen) atoms. The second kappa shape index (κ2) is 10.2. The zero-order valence-corrected chi connectivity index (χ0v) is 18.8. The first-order valence-corrected chi connectivity index (χ1v) is 11.2. The van der Waals surface area contributed by atoms with Gasteiger partial charge in [0.05, 0.1) is 18.6 Å². The monoisotopic (exact) mass is 448 g/mol. The Balaban J connectivity index is 1.44. The second-order valence-electron chi connectivity index (χ2n) is 7.32. The number of ether oxygens (including phenoxy) is 1. The number of furan rings is 1. The van der Waals surface area contributed by atoms with E-state index < -0.39 is 0 Å². The molecule has 0 unspecified atom stereocenters. The predicted octanol–water partition coefficient (Wildman–Crippen LogP) is 4.85. The molecule has 1 amide bonds. The summed E-state index contributed by atoms with van der Waals surface area (Å²) in [6.45, 7) is 4.72. The van der Waals surface area contributed by atoms with Crippen LogP contribution in [0, 0.1) is 13.8 Å². The van der Waals surface area contributed by atoms with Crippen molar-refractivity contribution in [1.29, 1.82) is 0 Å². The number of carbonyl (C=O) groups is 1. The van der Waals surface area contributed by atoms with Crippen LogP contribution in [0.15, 0.2) is 76.5 Å². The van der Waals surface area contributed by atoms with Gasteiger partial charge in [-0.1, -0.05) is 47.7 Å². The number of anilines is 1. The van der Waals surface area contributed by atoms with Crippen molar-refractivity contribution in [3.63, 3.8) is 0 Å². The van der Waals surface area contributed by atoms with Crippen LogP contribution in [0.2, 0.25) is 0 Å². The van der Waals surface area contributed by atoms with Gasteiger partial charge in [0.25, 0.3) is 0 Å². The van der Waals surface area contributed by atoms with E-state index in [-0.39, 0.29) is 18.3 Å². The number of para-hydroxylation sites is 1. The molecule has 0 atom stereocenters. The molecular weight excluding hydrogens is 424 g/mol. The Morgan fingerprint density at radius 3 is 2.69 bits per heavy atom. The van der Waals surface area contributed by atoms with Crippen molar-refractivity contribution in [2.75, 3.05) is 11.1 Å². The molecule has 0 aliphatic rings. The van der Waals surface area contributed by atoms with E-state index in [0.717, 1.165) is 28.3 Å². The lowest BCUT2D eigenvalue weighted by molar-refractivity contribution is -0.113. The standard InChI is InChI=1S/C24H24N4O3S/c1-17-10-11-21(18(2)13-17)25-23(29)16-32-24-27-26-22(15-31-19-7-4-3-5-8-19)28(24)14-20-9-6-12-30-20/h3-13H,14-16H2,1-2H3,(H,25,29). The lowest BCUT2D eigenvalue weighted by atomic mass is 10.1. The number of aryl methyl sites for hydroxylation is 2. The lowest BCUT2D eigenvalue weighted by Crippen LogP contribution is -2.16. The summed E-state index contributed by atoms with van der Waals surface area (Å²) in [6, 6.07) is 19.2. The topological polar surface area (TPSA) is 82.2 Å². The van der Waals surface area contributed by atoms with E-state index in [4.69, 9.17) is 9.15 Å². The molecule has 0 radical (unpaired) electrons. The van der Waals surface area contributed by atoms with Gasteiger partial charge in [-0.3, -0.25) is 9.36 Å². The molecule has 4 aromatic rings. The highest BCUT2D eigenvalue weighted by Gasteiger charge is 2.16. The summed E-state index contributed by atoms with van der Waals surface area (Å²) in [5, 5.41) is 12.2. The van der Waals surface area contributed by atoms with Crippen LogP contribution in [-0.2, 0) is 17.9 Å². The minimum Gasteiger partial charge on any atom is -0.486 e. The number of carbonyl (C=O) groups excluding carboxylic acids is 1. The molecular formula is C24H24N4O3S. The maximum atomic E-state index is 12.5. The zero-order valence-electron chi connectivity index (χ0n) is 17.9. The number of benzene rings is 2. The van der Waals surface area contributed by atoms with Gasteiger partial charge in [-0.15, -0.1) is 10.2 Å². The first-order chi connectivity index (χ1) is 15.6. The van der Waals surface area contributed by atoms with Crippen molar-refractivity contribution >= 4 is 23.4 Å². The van der Waals surface area contributed by atoms with Crippen molar-refractivity contribution < 1.29 is 13.9 Å². The first kappa shape index (κ1) is 21.7. The van der Waals surface area contributed by atoms with Gasteiger partial charge in [-0.25, -0.2) is 0 Å². The highest BCUT2D eigenvalue weighted by Crippen LogP contribution is 2.22. The zero-order chi connectivity index (χ0) is 22.3. The van der Waals surface area contributed by atoms with Gasteiger partial charge >= 0.3 is 0 Å². The summed E-state index contributed by atoms with van der Waals surface area (Å²) < 4.78 is 13.3. The van der Waals surface area contributed by atoms with E-state index in [9.17, 15) is 4.79 Å². The molecule has 7 nitrogen and oxygen atoms in total. The average molecular weight is 449 g/mol. The fourth-order valence-electron chi connectivity index (χ4n) is 3.18. The predicted molar refractivity (Wildman–Crippen MR) is 124 cm³/mol. The van der Waals surface area contributed by atoms with E-state index in [2.05, 4.69) is 15.5 Å². The molecule has 4 rings (SSSR count). The summed E-state index contributed by atoms with van der Waals surface area (Å²) in [5.41, 5.74) is 3.01. The number of hydrogen-bond donors (Lipinski definition) is 1. The van der Waals surface area contributed by atoms with E-state index in [1.807, 2.05) is 79.1 Å². The fraction of sp³-hybridized carbons (Fsp3) is 0.208. The number of amides is 1. The number of nitrogens with zero attached hydrogens (tertiary/aromatic N) is 3. The Morgan fingerprint density at radius 2 is 1.94 bits per heavy atom. The van der Waals surface area contributed by atoms with Gasteiger partial charge in [-0.2, -0.15) is 0 Å². The van der Waals surface area contributed by atoms with E-state index in [1.54, 1.807) is 6.26 Å². The maximum absolute atomic E-state index is 12.5. The minimum absolute atomic E-state index is 0.100. The lowest BCUT2D eigenvalue weighted by Gasteiger charge is -2.11. The summed E-state index contributed by atoms with van der Waals surface area (Å²) in [4.78, 5) is 12.5. The van der Waals surface area contributed by atoms with E-state index in [1.165, 1.54) is 11.8 Å². The Bertz CT molecular complexity index is 1170. The van der Waals surface area contributed by atoms with Gasteiger partial charge in [0.1, 0.15) is 18.1 Å². The van der Waals surface area contributed by atoms with Crippen molar-refractivity contribution in [3.8, 4) is 5.75 Å². The smallest absolute Gasteiger partial charge is 0.234 e. The third-order valence-corrected chi connectivity index (χ3v) is 5.75. The van der Waals surface area contributed by atoms with Gasteiger partial charge in [0, 0.05) is 5.69 Å². The largest absolute Gasteiger partial charge is 0.486 e. The molecule has 0 saturated heterocycles. The van der Waals surface area contributed by atoms with Crippen LogP contribution in [-0.4, -0.2) is 26.4 Å². The average Bonchev–Trinajstić information content (AvgIpc) is 3.44. The van der Waals surface area contributed by atoms with Crippen LogP contribution in [0.5, 0.6) is 5.75 Å². The van der Waals surface area contributed by atoms with Crippen molar-refractivity contribution in [3.05, 3.63) is 89.6 Å². The molecule has 8 heteroatoms. The first-order valence-electron chi connectivity index (χ1n) is 10.2.